The van der Waals surface area contributed by atoms with E-state index in [4.69, 9.17) is 0 Å². The Labute approximate surface area is 116 Å². The third kappa shape index (κ3) is 5.09. The van der Waals surface area contributed by atoms with Gasteiger partial charge in [-0.05, 0) is 57.7 Å². The fourth-order valence-corrected chi connectivity index (χ4v) is 2.16. The van der Waals surface area contributed by atoms with Crippen molar-refractivity contribution in [1.82, 2.24) is 10.2 Å². The molecule has 108 valence electrons. The number of hydrogen-bond acceptors (Lipinski definition) is 4. The molecular formula is C15H26N2O2. The first kappa shape index (κ1) is 15.8. The number of nitrogens with one attached hydrogen (secondary N) is 1. The Morgan fingerprint density at radius 1 is 1.21 bits per heavy atom. The molecule has 4 nitrogen and oxygen atoms in total. The van der Waals surface area contributed by atoms with Crippen molar-refractivity contribution >= 4 is 0 Å². The maximum absolute atomic E-state index is 9.77. The van der Waals surface area contributed by atoms with E-state index in [1.54, 1.807) is 6.07 Å². The van der Waals surface area contributed by atoms with Crippen LogP contribution in [0.15, 0.2) is 18.2 Å². The molecule has 0 bridgehead atoms. The third-order valence-corrected chi connectivity index (χ3v) is 3.47. The molecule has 0 aliphatic rings. The van der Waals surface area contributed by atoms with Crippen LogP contribution in [0, 0.1) is 0 Å². The minimum absolute atomic E-state index is 0.0313. The normalized spacial score (nSPS) is 12.8. The first-order valence-electron chi connectivity index (χ1n) is 7.06. The molecule has 1 rings (SSSR count). The van der Waals surface area contributed by atoms with Gasteiger partial charge in [-0.1, -0.05) is 13.8 Å². The molecule has 0 heterocycles. The van der Waals surface area contributed by atoms with Gasteiger partial charge in [-0.2, -0.15) is 0 Å². The van der Waals surface area contributed by atoms with Gasteiger partial charge in [0.05, 0.1) is 0 Å². The predicted octanol–water partition coefficient (Wildman–Crippen LogP) is 2.48. The Kier molecular flexibility index (Phi) is 6.67. The molecule has 0 aliphatic carbocycles. The van der Waals surface area contributed by atoms with Crippen LogP contribution in [0.3, 0.4) is 0 Å². The van der Waals surface area contributed by atoms with E-state index >= 15 is 0 Å². The average Bonchev–Trinajstić information content (AvgIpc) is 2.41. The predicted molar refractivity (Wildman–Crippen MR) is 78.6 cm³/mol. The van der Waals surface area contributed by atoms with Gasteiger partial charge in [0.25, 0.3) is 0 Å². The summed E-state index contributed by atoms with van der Waals surface area (Å²) < 4.78 is 0. The number of phenols is 2. The number of hydrogen-bond donors (Lipinski definition) is 3. The maximum atomic E-state index is 9.77. The topological polar surface area (TPSA) is 55.7 Å². The number of rotatable bonds is 8. The van der Waals surface area contributed by atoms with Crippen molar-refractivity contribution < 1.29 is 10.2 Å². The van der Waals surface area contributed by atoms with E-state index in [2.05, 4.69) is 24.1 Å². The zero-order chi connectivity index (χ0) is 14.3. The smallest absolute Gasteiger partial charge is 0.120 e. The molecular weight excluding hydrogens is 240 g/mol. The van der Waals surface area contributed by atoms with Crippen LogP contribution in [0.1, 0.15) is 38.8 Å². The summed E-state index contributed by atoms with van der Waals surface area (Å²) in [7, 11) is 0. The minimum atomic E-state index is 0.0313. The Bertz CT molecular complexity index is 378. The van der Waals surface area contributed by atoms with Gasteiger partial charge in [-0.25, -0.2) is 0 Å². The second kappa shape index (κ2) is 8.02. The summed E-state index contributed by atoms with van der Waals surface area (Å²) in [5.74, 6) is 0.408. The lowest BCUT2D eigenvalue weighted by Gasteiger charge is -2.19. The van der Waals surface area contributed by atoms with Crippen LogP contribution in [0.25, 0.3) is 0 Å². The van der Waals surface area contributed by atoms with E-state index in [1.807, 2.05) is 6.92 Å². The highest BCUT2D eigenvalue weighted by Gasteiger charge is 2.10. The Morgan fingerprint density at radius 3 is 2.53 bits per heavy atom. The van der Waals surface area contributed by atoms with Gasteiger partial charge in [0.15, 0.2) is 0 Å². The van der Waals surface area contributed by atoms with Gasteiger partial charge in [-0.15, -0.1) is 0 Å². The van der Waals surface area contributed by atoms with Crippen molar-refractivity contribution in [2.45, 2.75) is 33.2 Å². The van der Waals surface area contributed by atoms with Gasteiger partial charge < -0.3 is 20.4 Å². The molecule has 1 aromatic carbocycles. The zero-order valence-electron chi connectivity index (χ0n) is 12.2. The molecule has 0 saturated heterocycles. The van der Waals surface area contributed by atoms with Crippen LogP contribution in [0.2, 0.25) is 0 Å². The van der Waals surface area contributed by atoms with Crippen molar-refractivity contribution in [1.29, 1.82) is 0 Å². The van der Waals surface area contributed by atoms with E-state index in [-0.39, 0.29) is 17.5 Å². The van der Waals surface area contributed by atoms with Crippen molar-refractivity contribution in [2.24, 2.45) is 0 Å². The van der Waals surface area contributed by atoms with Crippen molar-refractivity contribution in [3.8, 4) is 11.5 Å². The van der Waals surface area contributed by atoms with Gasteiger partial charge in [0.1, 0.15) is 11.5 Å². The molecule has 0 saturated carbocycles. The van der Waals surface area contributed by atoms with E-state index in [0.717, 1.165) is 38.2 Å². The Hall–Kier alpha value is -1.26. The number of nitrogens with zero attached hydrogens (tertiary/aromatic N) is 1. The SMILES string of the molecule is CCN(CC)CCCNC(C)c1cc(O)ccc1O. The first-order valence-corrected chi connectivity index (χ1v) is 7.06. The quantitative estimate of drug-likeness (QED) is 0.500. The molecule has 0 spiro atoms. The van der Waals surface area contributed by atoms with Crippen LogP contribution in [0.4, 0.5) is 0 Å². The first-order chi connectivity index (χ1) is 9.08. The van der Waals surface area contributed by atoms with Crippen LogP contribution in [-0.2, 0) is 0 Å². The number of aromatic hydroxyl groups is 2. The van der Waals surface area contributed by atoms with Crippen LogP contribution < -0.4 is 5.32 Å². The fourth-order valence-electron chi connectivity index (χ4n) is 2.16. The van der Waals surface area contributed by atoms with Crippen molar-refractivity contribution in [2.75, 3.05) is 26.2 Å². The van der Waals surface area contributed by atoms with Gasteiger partial charge in [0, 0.05) is 11.6 Å². The zero-order valence-corrected chi connectivity index (χ0v) is 12.2. The lowest BCUT2D eigenvalue weighted by molar-refractivity contribution is 0.296. The van der Waals surface area contributed by atoms with E-state index in [0.29, 0.717) is 0 Å². The van der Waals surface area contributed by atoms with Gasteiger partial charge in [-0.3, -0.25) is 0 Å². The lowest BCUT2D eigenvalue weighted by Crippen LogP contribution is -2.28. The largest absolute Gasteiger partial charge is 0.508 e. The highest BCUT2D eigenvalue weighted by molar-refractivity contribution is 5.40. The summed E-state index contributed by atoms with van der Waals surface area (Å²) in [4.78, 5) is 2.39. The van der Waals surface area contributed by atoms with E-state index in [9.17, 15) is 10.2 Å². The second-order valence-corrected chi connectivity index (χ2v) is 4.80. The molecule has 1 atom stereocenters. The molecule has 0 aliphatic heterocycles. The van der Waals surface area contributed by atoms with E-state index in [1.165, 1.54) is 12.1 Å². The average molecular weight is 266 g/mol. The summed E-state index contributed by atoms with van der Waals surface area (Å²) in [6, 6.07) is 4.66. The molecule has 3 N–H and O–H groups in total. The summed E-state index contributed by atoms with van der Waals surface area (Å²) in [5, 5.41) is 22.6. The summed E-state index contributed by atoms with van der Waals surface area (Å²) in [6.45, 7) is 10.5. The molecule has 1 aromatic rings. The van der Waals surface area contributed by atoms with Crippen LogP contribution in [0.5, 0.6) is 11.5 Å². The maximum Gasteiger partial charge on any atom is 0.120 e. The third-order valence-electron chi connectivity index (χ3n) is 3.47. The lowest BCUT2D eigenvalue weighted by atomic mass is 10.1. The fraction of sp³-hybridized carbons (Fsp3) is 0.600. The minimum Gasteiger partial charge on any atom is -0.508 e. The van der Waals surface area contributed by atoms with Crippen LogP contribution in [-0.4, -0.2) is 41.3 Å². The molecule has 0 fully saturated rings. The van der Waals surface area contributed by atoms with Crippen LogP contribution >= 0.6 is 0 Å². The highest BCUT2D eigenvalue weighted by atomic mass is 16.3. The standard InChI is InChI=1S/C15H26N2O2/c1-4-17(5-2)10-6-9-16-12(3)14-11-13(18)7-8-15(14)19/h7-8,11-12,16,18-19H,4-6,9-10H2,1-3H3. The Balaban J connectivity index is 2.39. The highest BCUT2D eigenvalue weighted by Crippen LogP contribution is 2.27. The second-order valence-electron chi connectivity index (χ2n) is 4.80. The van der Waals surface area contributed by atoms with Crippen molar-refractivity contribution in [3.05, 3.63) is 23.8 Å². The molecule has 19 heavy (non-hydrogen) atoms. The molecule has 0 radical (unpaired) electrons. The molecule has 0 aromatic heterocycles. The summed E-state index contributed by atoms with van der Waals surface area (Å²) in [6.07, 6.45) is 1.07. The number of phenolic OH excluding ortho intramolecular Hbond substituents is 2. The Morgan fingerprint density at radius 2 is 1.89 bits per heavy atom. The molecule has 4 heteroatoms. The van der Waals surface area contributed by atoms with Gasteiger partial charge >= 0.3 is 0 Å². The van der Waals surface area contributed by atoms with Crippen molar-refractivity contribution in [3.63, 3.8) is 0 Å². The number of benzene rings is 1. The molecule has 0 amide bonds. The summed E-state index contributed by atoms with van der Waals surface area (Å²) in [5.41, 5.74) is 0.739. The molecule has 1 unspecified atom stereocenters. The monoisotopic (exact) mass is 266 g/mol. The van der Waals surface area contributed by atoms with Gasteiger partial charge in [0.2, 0.25) is 0 Å². The van der Waals surface area contributed by atoms with E-state index < -0.39 is 0 Å². The summed E-state index contributed by atoms with van der Waals surface area (Å²) >= 11 is 0.